The number of carbonyl (C=O) groups is 1. The molecule has 1 fully saturated rings. The number of nitrogens with one attached hydrogen (secondary N) is 1. The van der Waals surface area contributed by atoms with E-state index in [2.05, 4.69) is 15.6 Å². The molecule has 10 heteroatoms. The van der Waals surface area contributed by atoms with Crippen LogP contribution in [-0.2, 0) is 4.79 Å². The van der Waals surface area contributed by atoms with E-state index < -0.39 is 12.1 Å². The van der Waals surface area contributed by atoms with Crippen LogP contribution in [0.1, 0.15) is 17.2 Å². The SMILES string of the molecule is Cc1c(Cl)cccc1-n1cc(C2CNC2)nn1.O=C(O)C(F)(F)F. The van der Waals surface area contributed by atoms with Gasteiger partial charge in [-0.05, 0) is 24.6 Å². The molecule has 1 aromatic heterocycles. The molecule has 0 amide bonds. The molecular weight excluding hydrogens is 349 g/mol. The molecule has 0 unspecified atom stereocenters. The number of aliphatic carboxylic acids is 1. The van der Waals surface area contributed by atoms with E-state index in [1.54, 1.807) is 4.68 Å². The Hall–Kier alpha value is -2.13. The highest BCUT2D eigenvalue weighted by molar-refractivity contribution is 6.31. The van der Waals surface area contributed by atoms with E-state index in [9.17, 15) is 13.2 Å². The quantitative estimate of drug-likeness (QED) is 0.858. The maximum absolute atomic E-state index is 10.6. The number of carboxylic acids is 1. The summed E-state index contributed by atoms with van der Waals surface area (Å²) in [5.74, 6) is -2.25. The van der Waals surface area contributed by atoms with Crippen LogP contribution in [0.15, 0.2) is 24.4 Å². The molecule has 2 aromatic rings. The van der Waals surface area contributed by atoms with Gasteiger partial charge in [0, 0.05) is 24.0 Å². The zero-order valence-corrected chi connectivity index (χ0v) is 13.3. The Bertz CT molecular complexity index is 729. The minimum Gasteiger partial charge on any atom is -0.475 e. The Morgan fingerprint density at radius 1 is 1.42 bits per heavy atom. The Morgan fingerprint density at radius 2 is 2.04 bits per heavy atom. The molecule has 1 aliphatic heterocycles. The molecule has 3 rings (SSSR count). The smallest absolute Gasteiger partial charge is 0.475 e. The molecule has 0 aliphatic carbocycles. The first-order valence-corrected chi connectivity index (χ1v) is 7.26. The molecule has 0 bridgehead atoms. The lowest BCUT2D eigenvalue weighted by molar-refractivity contribution is -0.192. The summed E-state index contributed by atoms with van der Waals surface area (Å²) in [6.45, 7) is 3.98. The highest BCUT2D eigenvalue weighted by atomic mass is 35.5. The molecule has 6 nitrogen and oxygen atoms in total. The second-order valence-electron chi connectivity index (χ2n) is 5.13. The van der Waals surface area contributed by atoms with Crippen molar-refractivity contribution in [3.05, 3.63) is 40.7 Å². The second kappa shape index (κ2) is 7.18. The first-order valence-electron chi connectivity index (χ1n) is 6.88. The first kappa shape index (κ1) is 18.2. The van der Waals surface area contributed by atoms with E-state index in [1.165, 1.54) is 0 Å². The molecule has 1 aromatic carbocycles. The number of carboxylic acid groups (broad SMARTS) is 1. The largest absolute Gasteiger partial charge is 0.490 e. The minimum atomic E-state index is -5.08. The predicted octanol–water partition coefficient (Wildman–Crippen LogP) is 2.55. The van der Waals surface area contributed by atoms with Crippen molar-refractivity contribution in [3.8, 4) is 5.69 Å². The molecule has 0 atom stereocenters. The van der Waals surface area contributed by atoms with Crippen LogP contribution in [-0.4, -0.2) is 45.3 Å². The summed E-state index contributed by atoms with van der Waals surface area (Å²) in [7, 11) is 0. The summed E-state index contributed by atoms with van der Waals surface area (Å²) in [6, 6.07) is 5.81. The van der Waals surface area contributed by atoms with Crippen LogP contribution in [0.2, 0.25) is 5.02 Å². The first-order chi connectivity index (χ1) is 11.2. The van der Waals surface area contributed by atoms with Gasteiger partial charge in [-0.25, -0.2) is 9.48 Å². The Balaban J connectivity index is 0.000000256. The lowest BCUT2D eigenvalue weighted by Crippen LogP contribution is -2.40. The number of aromatic nitrogens is 3. The normalized spacial score (nSPS) is 14.5. The van der Waals surface area contributed by atoms with Crippen LogP contribution in [0.4, 0.5) is 13.2 Å². The fourth-order valence-corrected chi connectivity index (χ4v) is 2.09. The summed E-state index contributed by atoms with van der Waals surface area (Å²) in [5.41, 5.74) is 3.06. The number of halogens is 4. The lowest BCUT2D eigenvalue weighted by atomic mass is 10.0. The zero-order valence-electron chi connectivity index (χ0n) is 12.5. The van der Waals surface area contributed by atoms with Crippen LogP contribution in [0.3, 0.4) is 0 Å². The summed E-state index contributed by atoms with van der Waals surface area (Å²) in [4.78, 5) is 8.90. The second-order valence-corrected chi connectivity index (χ2v) is 5.54. The van der Waals surface area contributed by atoms with Gasteiger partial charge in [-0.2, -0.15) is 13.2 Å². The Morgan fingerprint density at radius 3 is 2.54 bits per heavy atom. The molecule has 1 saturated heterocycles. The van der Waals surface area contributed by atoms with Crippen molar-refractivity contribution in [2.24, 2.45) is 0 Å². The van der Waals surface area contributed by atoms with E-state index in [-0.39, 0.29) is 0 Å². The molecule has 0 radical (unpaired) electrons. The van der Waals surface area contributed by atoms with Gasteiger partial charge < -0.3 is 10.4 Å². The third-order valence-electron chi connectivity index (χ3n) is 3.44. The summed E-state index contributed by atoms with van der Waals surface area (Å²) >= 11 is 6.10. The van der Waals surface area contributed by atoms with Crippen molar-refractivity contribution < 1.29 is 23.1 Å². The number of nitrogens with zero attached hydrogens (tertiary/aromatic N) is 3. The zero-order chi connectivity index (χ0) is 17.9. The van der Waals surface area contributed by atoms with Crippen LogP contribution >= 0.6 is 11.6 Å². The van der Waals surface area contributed by atoms with Gasteiger partial charge >= 0.3 is 12.1 Å². The minimum absolute atomic E-state index is 0.503. The monoisotopic (exact) mass is 362 g/mol. The highest BCUT2D eigenvalue weighted by Gasteiger charge is 2.38. The van der Waals surface area contributed by atoms with E-state index in [0.717, 1.165) is 35.1 Å². The van der Waals surface area contributed by atoms with Crippen molar-refractivity contribution in [2.45, 2.75) is 19.0 Å². The molecule has 24 heavy (non-hydrogen) atoms. The maximum Gasteiger partial charge on any atom is 0.490 e. The number of hydrogen-bond donors (Lipinski definition) is 2. The number of alkyl halides is 3. The molecular formula is C14H14ClF3N4O2. The average molecular weight is 363 g/mol. The van der Waals surface area contributed by atoms with Gasteiger partial charge in [0.1, 0.15) is 0 Å². The number of benzene rings is 1. The number of rotatable bonds is 2. The van der Waals surface area contributed by atoms with E-state index in [1.807, 2.05) is 31.3 Å². The fourth-order valence-electron chi connectivity index (χ4n) is 1.92. The van der Waals surface area contributed by atoms with Gasteiger partial charge in [0.2, 0.25) is 0 Å². The predicted molar refractivity (Wildman–Crippen MR) is 80.4 cm³/mol. The Labute approximate surface area is 140 Å². The van der Waals surface area contributed by atoms with Gasteiger partial charge in [-0.15, -0.1) is 5.10 Å². The molecule has 2 N–H and O–H groups in total. The van der Waals surface area contributed by atoms with Crippen molar-refractivity contribution in [3.63, 3.8) is 0 Å². The summed E-state index contributed by atoms with van der Waals surface area (Å²) in [6.07, 6.45) is -3.09. The fraction of sp³-hybridized carbons (Fsp3) is 0.357. The van der Waals surface area contributed by atoms with Gasteiger partial charge in [0.15, 0.2) is 0 Å². The van der Waals surface area contributed by atoms with E-state index in [0.29, 0.717) is 5.92 Å². The molecule has 2 heterocycles. The average Bonchev–Trinajstić information content (AvgIpc) is 2.88. The van der Waals surface area contributed by atoms with Crippen molar-refractivity contribution in [1.82, 2.24) is 20.3 Å². The molecule has 130 valence electrons. The summed E-state index contributed by atoms with van der Waals surface area (Å²) in [5, 5.41) is 19.5. The topological polar surface area (TPSA) is 80.0 Å². The summed E-state index contributed by atoms with van der Waals surface area (Å²) < 4.78 is 33.5. The van der Waals surface area contributed by atoms with Crippen LogP contribution in [0.5, 0.6) is 0 Å². The molecule has 1 aliphatic rings. The third kappa shape index (κ3) is 4.24. The van der Waals surface area contributed by atoms with Crippen molar-refractivity contribution in [2.75, 3.05) is 13.1 Å². The maximum atomic E-state index is 10.6. The Kier molecular flexibility index (Phi) is 5.45. The molecule has 0 saturated carbocycles. The van der Waals surface area contributed by atoms with Gasteiger partial charge in [0.25, 0.3) is 0 Å². The highest BCUT2D eigenvalue weighted by Crippen LogP contribution is 2.23. The van der Waals surface area contributed by atoms with E-state index >= 15 is 0 Å². The van der Waals surface area contributed by atoms with Crippen LogP contribution in [0, 0.1) is 6.92 Å². The van der Waals surface area contributed by atoms with E-state index in [4.69, 9.17) is 21.5 Å². The third-order valence-corrected chi connectivity index (χ3v) is 3.85. The standard InChI is InChI=1S/C12H13ClN4.C2HF3O2/c1-8-10(13)3-2-4-12(8)17-7-11(15-16-17)9-5-14-6-9;3-2(4,5)1(6)7/h2-4,7,9,14H,5-6H2,1H3;(H,6,7). The number of hydrogen-bond acceptors (Lipinski definition) is 4. The van der Waals surface area contributed by atoms with Gasteiger partial charge in [0.05, 0.1) is 17.6 Å². The van der Waals surface area contributed by atoms with Crippen LogP contribution < -0.4 is 5.32 Å². The van der Waals surface area contributed by atoms with Crippen molar-refractivity contribution in [1.29, 1.82) is 0 Å². The molecule has 0 spiro atoms. The van der Waals surface area contributed by atoms with Gasteiger partial charge in [-0.3, -0.25) is 0 Å². The van der Waals surface area contributed by atoms with Gasteiger partial charge in [-0.1, -0.05) is 22.9 Å². The van der Waals surface area contributed by atoms with Crippen molar-refractivity contribution >= 4 is 17.6 Å². The lowest BCUT2D eigenvalue weighted by Gasteiger charge is -2.24. The van der Waals surface area contributed by atoms with Crippen LogP contribution in [0.25, 0.3) is 5.69 Å².